The third kappa shape index (κ3) is 4.63. The van der Waals surface area contributed by atoms with Crippen LogP contribution in [0.4, 0.5) is 17.1 Å². The third-order valence-corrected chi connectivity index (χ3v) is 9.89. The molecule has 0 unspecified atom stereocenters. The van der Waals surface area contributed by atoms with Crippen LogP contribution in [0.3, 0.4) is 0 Å². The molecule has 3 nitrogen and oxygen atoms in total. The average Bonchev–Trinajstić information content (AvgIpc) is 3.57. The summed E-state index contributed by atoms with van der Waals surface area (Å²) < 4.78 is 6.40. The quantitative estimate of drug-likeness (QED) is 0.188. The monoisotopic (exact) mass is 638 g/mol. The van der Waals surface area contributed by atoms with Crippen LogP contribution in [-0.2, 0) is 0 Å². The van der Waals surface area contributed by atoms with Crippen LogP contribution < -0.4 is 4.90 Å². The van der Waals surface area contributed by atoms with Crippen molar-refractivity contribution in [1.29, 1.82) is 0 Å². The summed E-state index contributed by atoms with van der Waals surface area (Å²) in [5, 5.41) is 9.24. The Morgan fingerprint density at radius 3 is 1.70 bits per heavy atom. The number of fused-ring (bicyclic) bond motifs is 7. The van der Waals surface area contributed by atoms with E-state index in [4.69, 9.17) is 9.40 Å². The predicted octanol–water partition coefficient (Wildman–Crippen LogP) is 13.2. The lowest BCUT2D eigenvalue weighted by Gasteiger charge is -2.26. The minimum atomic E-state index is 0.635. The molecule has 10 rings (SSSR count). The summed E-state index contributed by atoms with van der Waals surface area (Å²) >= 11 is 0. The summed E-state index contributed by atoms with van der Waals surface area (Å²) in [5.74, 6) is 0. The Morgan fingerprint density at radius 1 is 0.380 bits per heavy atom. The zero-order valence-electron chi connectivity index (χ0n) is 27.1. The molecule has 0 fully saturated rings. The summed E-state index contributed by atoms with van der Waals surface area (Å²) in [6.07, 6.45) is 1.93. The fourth-order valence-corrected chi connectivity index (χ4v) is 7.50. The van der Waals surface area contributed by atoms with Gasteiger partial charge in [0.15, 0.2) is 0 Å². The van der Waals surface area contributed by atoms with Gasteiger partial charge in [-0.05, 0) is 85.6 Å². The van der Waals surface area contributed by atoms with E-state index in [2.05, 4.69) is 181 Å². The molecule has 0 amide bonds. The topological polar surface area (TPSA) is 29.3 Å². The van der Waals surface area contributed by atoms with E-state index in [-0.39, 0.29) is 0 Å². The van der Waals surface area contributed by atoms with Crippen molar-refractivity contribution >= 4 is 71.4 Å². The van der Waals surface area contributed by atoms with Crippen molar-refractivity contribution in [1.82, 2.24) is 4.98 Å². The second-order valence-corrected chi connectivity index (χ2v) is 12.8. The van der Waals surface area contributed by atoms with Crippen LogP contribution in [0.2, 0.25) is 0 Å². The number of aromatic nitrogens is 1. The third-order valence-electron chi connectivity index (χ3n) is 9.89. The van der Waals surface area contributed by atoms with Crippen molar-refractivity contribution in [2.75, 3.05) is 4.90 Å². The summed E-state index contributed by atoms with van der Waals surface area (Å²) in [4.78, 5) is 7.21. The maximum atomic E-state index is 6.40. The molecule has 0 aliphatic heterocycles. The molecule has 0 radical (unpaired) electrons. The first-order chi connectivity index (χ1) is 24.8. The Bertz CT molecular complexity index is 2870. The molecule has 0 N–H and O–H groups in total. The van der Waals surface area contributed by atoms with E-state index in [9.17, 15) is 0 Å². The summed E-state index contributed by atoms with van der Waals surface area (Å²) in [7, 11) is 0. The molecule has 0 aliphatic carbocycles. The SMILES string of the molecule is c1cc(-c2cccc3ccccc23)cc(N(c2ccc(-c3cccc4ccccc34)cc2)c2cnc3oc4c5ccccc5ccc4c3c2)c1. The maximum Gasteiger partial charge on any atom is 0.227 e. The number of hydrogen-bond acceptors (Lipinski definition) is 3. The second kappa shape index (κ2) is 11.5. The van der Waals surface area contributed by atoms with Gasteiger partial charge in [-0.15, -0.1) is 0 Å². The summed E-state index contributed by atoms with van der Waals surface area (Å²) in [5.41, 5.74) is 9.32. The Kier molecular flexibility index (Phi) is 6.49. The highest BCUT2D eigenvalue weighted by Gasteiger charge is 2.18. The largest absolute Gasteiger partial charge is 0.437 e. The van der Waals surface area contributed by atoms with Gasteiger partial charge in [-0.25, -0.2) is 4.98 Å². The van der Waals surface area contributed by atoms with E-state index in [0.29, 0.717) is 5.71 Å². The summed E-state index contributed by atoms with van der Waals surface area (Å²) in [6, 6.07) is 62.7. The minimum absolute atomic E-state index is 0.635. The molecule has 0 bridgehead atoms. The fourth-order valence-electron chi connectivity index (χ4n) is 7.50. The normalized spacial score (nSPS) is 11.6. The van der Waals surface area contributed by atoms with Crippen LogP contribution in [0.5, 0.6) is 0 Å². The molecular weight excluding hydrogens is 609 g/mol. The van der Waals surface area contributed by atoms with Crippen LogP contribution >= 0.6 is 0 Å². The molecule has 2 aromatic heterocycles. The molecule has 0 spiro atoms. The Labute approximate surface area is 289 Å². The number of nitrogens with zero attached hydrogens (tertiary/aromatic N) is 2. The van der Waals surface area contributed by atoms with Crippen LogP contribution in [0.25, 0.3) is 76.6 Å². The molecule has 0 aliphatic rings. The van der Waals surface area contributed by atoms with Crippen molar-refractivity contribution in [3.63, 3.8) is 0 Å². The van der Waals surface area contributed by atoms with Gasteiger partial charge < -0.3 is 9.32 Å². The zero-order chi connectivity index (χ0) is 33.0. The number of anilines is 3. The molecule has 8 aromatic carbocycles. The average molecular weight is 639 g/mol. The van der Waals surface area contributed by atoms with Crippen molar-refractivity contribution in [3.8, 4) is 22.3 Å². The van der Waals surface area contributed by atoms with Gasteiger partial charge in [0.05, 0.1) is 17.3 Å². The van der Waals surface area contributed by atoms with E-state index >= 15 is 0 Å². The molecule has 234 valence electrons. The van der Waals surface area contributed by atoms with E-state index < -0.39 is 0 Å². The summed E-state index contributed by atoms with van der Waals surface area (Å²) in [6.45, 7) is 0. The first-order valence-corrected chi connectivity index (χ1v) is 17.0. The first kappa shape index (κ1) is 28.3. The van der Waals surface area contributed by atoms with E-state index in [1.165, 1.54) is 38.2 Å². The smallest absolute Gasteiger partial charge is 0.227 e. The molecule has 50 heavy (non-hydrogen) atoms. The van der Waals surface area contributed by atoms with Crippen LogP contribution in [0.15, 0.2) is 187 Å². The van der Waals surface area contributed by atoms with Gasteiger partial charge in [0.1, 0.15) is 5.58 Å². The van der Waals surface area contributed by atoms with Crippen LogP contribution in [-0.4, -0.2) is 4.98 Å². The first-order valence-electron chi connectivity index (χ1n) is 17.0. The van der Waals surface area contributed by atoms with E-state index in [0.717, 1.165) is 49.8 Å². The van der Waals surface area contributed by atoms with E-state index in [1.54, 1.807) is 0 Å². The van der Waals surface area contributed by atoms with Crippen molar-refractivity contribution in [3.05, 3.63) is 182 Å². The number of benzene rings is 8. The van der Waals surface area contributed by atoms with Crippen molar-refractivity contribution in [2.24, 2.45) is 0 Å². The van der Waals surface area contributed by atoms with Crippen molar-refractivity contribution in [2.45, 2.75) is 0 Å². The van der Waals surface area contributed by atoms with Gasteiger partial charge in [-0.2, -0.15) is 0 Å². The Morgan fingerprint density at radius 2 is 0.980 bits per heavy atom. The van der Waals surface area contributed by atoms with Gasteiger partial charge in [0.2, 0.25) is 5.71 Å². The lowest BCUT2D eigenvalue weighted by molar-refractivity contribution is 0.657. The van der Waals surface area contributed by atoms with E-state index in [1.807, 2.05) is 6.20 Å². The fraction of sp³-hybridized carbons (Fsp3) is 0. The number of hydrogen-bond donors (Lipinski definition) is 0. The number of rotatable bonds is 5. The van der Waals surface area contributed by atoms with Gasteiger partial charge in [0.25, 0.3) is 0 Å². The molecule has 10 aromatic rings. The standard InChI is InChI=1S/C47H30N2O/c1-4-17-39-31(10-1)13-8-20-41(39)34-22-25-36(26-23-34)49(37-16-7-15-35(28-37)42-21-9-14-32-11-2-5-18-40(32)42)38-29-45-44-27-24-33-12-3-6-19-43(33)46(44)50-47(45)48-30-38/h1-30H. The van der Waals surface area contributed by atoms with Crippen LogP contribution in [0, 0.1) is 0 Å². The molecule has 3 heteroatoms. The van der Waals surface area contributed by atoms with Gasteiger partial charge >= 0.3 is 0 Å². The highest BCUT2D eigenvalue weighted by Crippen LogP contribution is 2.41. The zero-order valence-corrected chi connectivity index (χ0v) is 27.1. The van der Waals surface area contributed by atoms with Gasteiger partial charge in [-0.1, -0.05) is 140 Å². The number of furan rings is 1. The highest BCUT2D eigenvalue weighted by molar-refractivity contribution is 6.15. The lowest BCUT2D eigenvalue weighted by atomic mass is 9.97. The Hall–Kier alpha value is -6.71. The number of pyridine rings is 1. The Balaban J connectivity index is 1.15. The maximum absolute atomic E-state index is 6.40. The van der Waals surface area contributed by atoms with Gasteiger partial charge in [0, 0.05) is 22.1 Å². The minimum Gasteiger partial charge on any atom is -0.437 e. The van der Waals surface area contributed by atoms with Gasteiger partial charge in [-0.3, -0.25) is 0 Å². The molecular formula is C47H30N2O. The predicted molar refractivity (Wildman–Crippen MR) is 210 cm³/mol. The lowest BCUT2D eigenvalue weighted by Crippen LogP contribution is -2.10. The molecule has 0 atom stereocenters. The second-order valence-electron chi connectivity index (χ2n) is 12.8. The van der Waals surface area contributed by atoms with Crippen LogP contribution in [0.1, 0.15) is 0 Å². The molecule has 0 saturated carbocycles. The molecule has 0 saturated heterocycles. The molecule has 2 heterocycles. The van der Waals surface area contributed by atoms with Crippen molar-refractivity contribution < 1.29 is 4.42 Å². The highest BCUT2D eigenvalue weighted by atomic mass is 16.3.